The summed E-state index contributed by atoms with van der Waals surface area (Å²) < 4.78 is 26.1. The third-order valence-corrected chi connectivity index (χ3v) is 1.87. The fourth-order valence-corrected chi connectivity index (χ4v) is 1.04. The minimum Gasteiger partial charge on any atom is -0.396 e. The first-order valence-corrected chi connectivity index (χ1v) is 3.97. The van der Waals surface area contributed by atoms with Crippen LogP contribution in [0, 0.1) is 23.0 Å². The highest BCUT2D eigenvalue weighted by atomic mass is 19.1. The van der Waals surface area contributed by atoms with E-state index in [0.29, 0.717) is 12.1 Å². The minimum absolute atomic E-state index is 0.408. The van der Waals surface area contributed by atoms with Crippen molar-refractivity contribution in [3.8, 4) is 6.07 Å². The highest BCUT2D eigenvalue weighted by Gasteiger charge is 2.22. The first-order chi connectivity index (χ1) is 6.97. The molecule has 1 rings (SSSR count). The van der Waals surface area contributed by atoms with Gasteiger partial charge in [-0.3, -0.25) is 0 Å². The smallest absolute Gasteiger partial charge is 0.170 e. The van der Waals surface area contributed by atoms with Crippen molar-refractivity contribution in [2.75, 3.05) is 5.73 Å². The molecule has 0 radical (unpaired) electrons. The van der Waals surface area contributed by atoms with Gasteiger partial charge in [0.25, 0.3) is 0 Å². The Morgan fingerprint density at radius 3 is 2.40 bits per heavy atom. The number of nitrogens with zero attached hydrogens (tertiary/aromatic N) is 1. The Morgan fingerprint density at radius 1 is 1.27 bits per heavy atom. The van der Waals surface area contributed by atoms with Crippen molar-refractivity contribution >= 4 is 5.69 Å². The summed E-state index contributed by atoms with van der Waals surface area (Å²) in [6, 6.07) is 2.64. The topological polar surface area (TPSA) is 90.3 Å². The molecule has 0 saturated carbocycles. The van der Waals surface area contributed by atoms with E-state index in [9.17, 15) is 13.9 Å². The van der Waals surface area contributed by atoms with Crippen molar-refractivity contribution in [3.63, 3.8) is 0 Å². The average Bonchev–Trinajstić information content (AvgIpc) is 2.21. The van der Waals surface area contributed by atoms with E-state index in [1.165, 1.54) is 6.07 Å². The van der Waals surface area contributed by atoms with Crippen LogP contribution in [0.2, 0.25) is 0 Å². The largest absolute Gasteiger partial charge is 0.396 e. The molecule has 4 nitrogen and oxygen atoms in total. The van der Waals surface area contributed by atoms with Crippen LogP contribution in [0.4, 0.5) is 14.5 Å². The van der Waals surface area contributed by atoms with Crippen molar-refractivity contribution < 1.29 is 19.0 Å². The summed E-state index contributed by atoms with van der Waals surface area (Å²) in [6.45, 7) is 0. The maximum atomic E-state index is 13.2. The molecule has 0 saturated heterocycles. The Kier molecular flexibility index (Phi) is 3.19. The number of halogens is 2. The Morgan fingerprint density at radius 2 is 1.87 bits per heavy atom. The normalized spacial score (nSPS) is 14.3. The molecular weight excluding hydrogens is 206 g/mol. The lowest BCUT2D eigenvalue weighted by molar-refractivity contribution is 0.0501. The predicted octanol–water partition coefficient (Wildman–Crippen LogP) is 0.465. The first kappa shape index (κ1) is 11.4. The Bertz CT molecular complexity index is 417. The fraction of sp³-hybridized carbons (Fsp3) is 0.222. The van der Waals surface area contributed by atoms with Gasteiger partial charge < -0.3 is 15.9 Å². The SMILES string of the molecule is N#CC(O)C(O)c1cc(F)c(N)cc1F. The standard InChI is InChI=1S/C9H8F2N2O2/c10-5-2-7(13)6(11)1-4(5)9(15)8(14)3-12/h1-2,8-9,14-15H,13H2. The molecule has 1 aromatic rings. The van der Waals surface area contributed by atoms with Crippen LogP contribution < -0.4 is 5.73 Å². The van der Waals surface area contributed by atoms with Crippen LogP contribution in [0.1, 0.15) is 11.7 Å². The van der Waals surface area contributed by atoms with Gasteiger partial charge in [-0.25, -0.2) is 8.78 Å². The molecule has 0 bridgehead atoms. The van der Waals surface area contributed by atoms with Gasteiger partial charge >= 0.3 is 0 Å². The number of anilines is 1. The zero-order chi connectivity index (χ0) is 11.6. The zero-order valence-corrected chi connectivity index (χ0v) is 7.48. The molecule has 6 heteroatoms. The molecule has 0 aliphatic rings. The van der Waals surface area contributed by atoms with Gasteiger partial charge in [0.1, 0.15) is 17.7 Å². The van der Waals surface area contributed by atoms with E-state index in [2.05, 4.69) is 0 Å². The summed E-state index contributed by atoms with van der Waals surface area (Å²) in [5.74, 6) is -1.90. The maximum Gasteiger partial charge on any atom is 0.170 e. The lowest BCUT2D eigenvalue weighted by atomic mass is 10.0. The maximum absolute atomic E-state index is 13.2. The van der Waals surface area contributed by atoms with E-state index in [0.717, 1.165) is 0 Å². The van der Waals surface area contributed by atoms with Gasteiger partial charge in [0, 0.05) is 11.6 Å². The minimum atomic E-state index is -1.82. The summed E-state index contributed by atoms with van der Waals surface area (Å²) in [6.07, 6.45) is -3.62. The summed E-state index contributed by atoms with van der Waals surface area (Å²) in [4.78, 5) is 0. The highest BCUT2D eigenvalue weighted by Crippen LogP contribution is 2.24. The number of nitrogen functional groups attached to an aromatic ring is 1. The summed E-state index contributed by atoms with van der Waals surface area (Å²) >= 11 is 0. The summed E-state index contributed by atoms with van der Waals surface area (Å²) in [5.41, 5.74) is 4.16. The third kappa shape index (κ3) is 2.21. The fourth-order valence-electron chi connectivity index (χ4n) is 1.04. The molecule has 0 aliphatic carbocycles. The molecule has 0 heterocycles. The molecule has 4 N–H and O–H groups in total. The van der Waals surface area contributed by atoms with Crippen LogP contribution >= 0.6 is 0 Å². The highest BCUT2D eigenvalue weighted by molar-refractivity contribution is 5.43. The number of hydrogen-bond acceptors (Lipinski definition) is 4. The molecule has 15 heavy (non-hydrogen) atoms. The van der Waals surface area contributed by atoms with E-state index in [-0.39, 0.29) is 0 Å². The first-order valence-electron chi connectivity index (χ1n) is 3.97. The van der Waals surface area contributed by atoms with Crippen molar-refractivity contribution in [2.45, 2.75) is 12.2 Å². The Labute approximate surface area is 84.2 Å². The van der Waals surface area contributed by atoms with Crippen LogP contribution in [0.3, 0.4) is 0 Å². The number of aliphatic hydroxyl groups is 2. The van der Waals surface area contributed by atoms with E-state index in [1.807, 2.05) is 0 Å². The van der Waals surface area contributed by atoms with E-state index < -0.39 is 35.1 Å². The summed E-state index contributed by atoms with van der Waals surface area (Å²) in [5, 5.41) is 26.5. The van der Waals surface area contributed by atoms with Crippen molar-refractivity contribution in [3.05, 3.63) is 29.3 Å². The van der Waals surface area contributed by atoms with Gasteiger partial charge in [0.15, 0.2) is 6.10 Å². The van der Waals surface area contributed by atoms with Gasteiger partial charge in [0.05, 0.1) is 11.8 Å². The lowest BCUT2D eigenvalue weighted by Crippen LogP contribution is -2.17. The van der Waals surface area contributed by atoms with Gasteiger partial charge in [-0.05, 0) is 6.07 Å². The number of hydrogen-bond donors (Lipinski definition) is 3. The molecule has 0 spiro atoms. The number of nitriles is 1. The zero-order valence-electron chi connectivity index (χ0n) is 7.48. The van der Waals surface area contributed by atoms with Crippen molar-refractivity contribution in [1.29, 1.82) is 5.26 Å². The third-order valence-electron chi connectivity index (χ3n) is 1.87. The molecule has 80 valence electrons. The molecular formula is C9H8F2N2O2. The van der Waals surface area contributed by atoms with Crippen LogP contribution in [0.5, 0.6) is 0 Å². The van der Waals surface area contributed by atoms with E-state index in [4.69, 9.17) is 16.1 Å². The monoisotopic (exact) mass is 214 g/mol. The average molecular weight is 214 g/mol. The molecule has 0 fully saturated rings. The Hall–Kier alpha value is -1.71. The summed E-state index contributed by atoms with van der Waals surface area (Å²) in [7, 11) is 0. The number of benzene rings is 1. The van der Waals surface area contributed by atoms with Crippen molar-refractivity contribution in [1.82, 2.24) is 0 Å². The van der Waals surface area contributed by atoms with E-state index >= 15 is 0 Å². The lowest BCUT2D eigenvalue weighted by Gasteiger charge is -2.13. The van der Waals surface area contributed by atoms with Gasteiger partial charge in [-0.1, -0.05) is 0 Å². The predicted molar refractivity (Wildman–Crippen MR) is 47.4 cm³/mol. The molecule has 1 aromatic carbocycles. The van der Waals surface area contributed by atoms with Gasteiger partial charge in [0.2, 0.25) is 0 Å². The van der Waals surface area contributed by atoms with Crippen LogP contribution in [-0.2, 0) is 0 Å². The second-order valence-corrected chi connectivity index (χ2v) is 2.91. The quantitative estimate of drug-likeness (QED) is 0.493. The van der Waals surface area contributed by atoms with Crippen LogP contribution in [0.25, 0.3) is 0 Å². The molecule has 0 aromatic heterocycles. The Balaban J connectivity index is 3.16. The second kappa shape index (κ2) is 4.21. The van der Waals surface area contributed by atoms with Crippen LogP contribution in [0.15, 0.2) is 12.1 Å². The molecule has 0 amide bonds. The second-order valence-electron chi connectivity index (χ2n) is 2.91. The number of nitrogens with two attached hydrogens (primary N) is 1. The molecule has 2 atom stereocenters. The number of aliphatic hydroxyl groups excluding tert-OH is 2. The molecule has 0 aliphatic heterocycles. The number of rotatable bonds is 2. The van der Waals surface area contributed by atoms with Crippen molar-refractivity contribution in [2.24, 2.45) is 0 Å². The molecule has 2 unspecified atom stereocenters. The van der Waals surface area contributed by atoms with Crippen LogP contribution in [-0.4, -0.2) is 16.3 Å². The van der Waals surface area contributed by atoms with Gasteiger partial charge in [-0.2, -0.15) is 5.26 Å². The van der Waals surface area contributed by atoms with Gasteiger partial charge in [-0.15, -0.1) is 0 Å². The van der Waals surface area contributed by atoms with E-state index in [1.54, 1.807) is 0 Å².